The van der Waals surface area contributed by atoms with Crippen LogP contribution in [0.3, 0.4) is 0 Å². The molecule has 0 amide bonds. The molecule has 1 aliphatic rings. The minimum atomic E-state index is -0.0150. The molecule has 0 radical (unpaired) electrons. The van der Waals surface area contributed by atoms with Gasteiger partial charge in [-0.2, -0.15) is 0 Å². The minimum absolute atomic E-state index is 0.0150. The van der Waals surface area contributed by atoms with Crippen molar-refractivity contribution in [2.24, 2.45) is 11.7 Å². The van der Waals surface area contributed by atoms with E-state index in [1.54, 1.807) is 6.20 Å². The quantitative estimate of drug-likeness (QED) is 0.874. The van der Waals surface area contributed by atoms with E-state index in [1.165, 1.54) is 19.3 Å². The van der Waals surface area contributed by atoms with E-state index in [-0.39, 0.29) is 6.04 Å². The molecule has 3 atom stereocenters. The number of ether oxygens (including phenoxy) is 1. The van der Waals surface area contributed by atoms with Crippen molar-refractivity contribution >= 4 is 0 Å². The average molecular weight is 234 g/mol. The van der Waals surface area contributed by atoms with Gasteiger partial charge in [0.25, 0.3) is 0 Å². The molecule has 0 aliphatic heterocycles. The zero-order valence-corrected chi connectivity index (χ0v) is 10.7. The van der Waals surface area contributed by atoms with Crippen molar-refractivity contribution in [1.82, 2.24) is 4.98 Å². The second kappa shape index (κ2) is 5.50. The highest BCUT2D eigenvalue weighted by Crippen LogP contribution is 2.27. The molecule has 2 N–H and O–H groups in total. The van der Waals surface area contributed by atoms with Crippen LogP contribution in [0.5, 0.6) is 5.75 Å². The summed E-state index contributed by atoms with van der Waals surface area (Å²) in [6.45, 7) is 4.23. The molecule has 94 valence electrons. The molecule has 1 saturated carbocycles. The van der Waals surface area contributed by atoms with Gasteiger partial charge in [0.1, 0.15) is 5.75 Å². The van der Waals surface area contributed by atoms with E-state index in [2.05, 4.69) is 11.9 Å². The number of hydrogen-bond donors (Lipinski definition) is 1. The van der Waals surface area contributed by atoms with Crippen LogP contribution in [0, 0.1) is 5.92 Å². The summed E-state index contributed by atoms with van der Waals surface area (Å²) in [5.41, 5.74) is 6.67. The number of pyridine rings is 1. The molecule has 0 bridgehead atoms. The van der Waals surface area contributed by atoms with Crippen LogP contribution in [0.25, 0.3) is 0 Å². The van der Waals surface area contributed by atoms with Crippen LogP contribution < -0.4 is 10.5 Å². The first-order chi connectivity index (χ1) is 8.15. The van der Waals surface area contributed by atoms with Crippen molar-refractivity contribution < 1.29 is 4.74 Å². The maximum atomic E-state index is 5.96. The first-order valence-electron chi connectivity index (χ1n) is 6.53. The number of rotatable bonds is 3. The van der Waals surface area contributed by atoms with Crippen LogP contribution >= 0.6 is 0 Å². The average Bonchev–Trinajstić information content (AvgIpc) is 2.29. The second-order valence-electron chi connectivity index (χ2n) is 5.22. The second-order valence-corrected chi connectivity index (χ2v) is 5.22. The van der Waals surface area contributed by atoms with Gasteiger partial charge in [0, 0.05) is 6.04 Å². The topological polar surface area (TPSA) is 48.1 Å². The van der Waals surface area contributed by atoms with E-state index < -0.39 is 0 Å². The summed E-state index contributed by atoms with van der Waals surface area (Å²) in [4.78, 5) is 4.31. The lowest BCUT2D eigenvalue weighted by Crippen LogP contribution is -2.24. The highest BCUT2D eigenvalue weighted by Gasteiger charge is 2.20. The summed E-state index contributed by atoms with van der Waals surface area (Å²) in [6, 6.07) is 3.91. The molecule has 1 aliphatic carbocycles. The van der Waals surface area contributed by atoms with Crippen molar-refractivity contribution in [3.63, 3.8) is 0 Å². The lowest BCUT2D eigenvalue weighted by Gasteiger charge is -2.27. The van der Waals surface area contributed by atoms with Gasteiger partial charge in [-0.1, -0.05) is 13.3 Å². The molecule has 17 heavy (non-hydrogen) atoms. The summed E-state index contributed by atoms with van der Waals surface area (Å²) in [6.07, 6.45) is 7.09. The predicted octanol–water partition coefficient (Wildman–Crippen LogP) is 3.06. The molecule has 1 aromatic rings. The number of hydrogen-bond acceptors (Lipinski definition) is 3. The summed E-state index contributed by atoms with van der Waals surface area (Å²) in [5.74, 6) is 1.65. The molecule has 1 heterocycles. The summed E-state index contributed by atoms with van der Waals surface area (Å²) < 4.78 is 5.96. The normalized spacial score (nSPS) is 26.5. The van der Waals surface area contributed by atoms with E-state index in [4.69, 9.17) is 10.5 Å². The first-order valence-corrected chi connectivity index (χ1v) is 6.53. The molecule has 0 spiro atoms. The fourth-order valence-electron chi connectivity index (χ4n) is 2.41. The van der Waals surface area contributed by atoms with Gasteiger partial charge in [0.15, 0.2) is 0 Å². The van der Waals surface area contributed by atoms with Gasteiger partial charge in [0.05, 0.1) is 18.0 Å². The van der Waals surface area contributed by atoms with Crippen LogP contribution in [0.1, 0.15) is 51.3 Å². The van der Waals surface area contributed by atoms with Crippen molar-refractivity contribution in [2.75, 3.05) is 0 Å². The Bertz CT molecular complexity index is 348. The molecule has 2 rings (SSSR count). The van der Waals surface area contributed by atoms with Crippen molar-refractivity contribution in [1.29, 1.82) is 0 Å². The summed E-state index contributed by atoms with van der Waals surface area (Å²) in [7, 11) is 0. The van der Waals surface area contributed by atoms with Crippen LogP contribution in [0.4, 0.5) is 0 Å². The van der Waals surface area contributed by atoms with Crippen LogP contribution in [0.2, 0.25) is 0 Å². The maximum Gasteiger partial charge on any atom is 0.138 e. The predicted molar refractivity (Wildman–Crippen MR) is 68.9 cm³/mol. The number of nitrogens with zero attached hydrogens (tertiary/aromatic N) is 1. The fraction of sp³-hybridized carbons (Fsp3) is 0.643. The van der Waals surface area contributed by atoms with Gasteiger partial charge in [-0.05, 0) is 44.2 Å². The molecule has 0 saturated heterocycles. The van der Waals surface area contributed by atoms with Gasteiger partial charge in [0.2, 0.25) is 0 Å². The van der Waals surface area contributed by atoms with Gasteiger partial charge < -0.3 is 10.5 Å². The Kier molecular flexibility index (Phi) is 4.00. The van der Waals surface area contributed by atoms with E-state index in [0.717, 1.165) is 23.8 Å². The lowest BCUT2D eigenvalue weighted by atomic mass is 9.89. The Morgan fingerprint density at radius 2 is 2.24 bits per heavy atom. The van der Waals surface area contributed by atoms with E-state index >= 15 is 0 Å². The molecule has 1 fully saturated rings. The van der Waals surface area contributed by atoms with Crippen molar-refractivity contribution in [3.8, 4) is 5.75 Å². The maximum absolute atomic E-state index is 5.96. The minimum Gasteiger partial charge on any atom is -0.489 e. The molecule has 3 heteroatoms. The third kappa shape index (κ3) is 3.43. The van der Waals surface area contributed by atoms with Crippen molar-refractivity contribution in [3.05, 3.63) is 24.0 Å². The summed E-state index contributed by atoms with van der Waals surface area (Å²) >= 11 is 0. The van der Waals surface area contributed by atoms with Gasteiger partial charge in [-0.15, -0.1) is 0 Å². The molecule has 3 nitrogen and oxygen atoms in total. The molecule has 2 unspecified atom stereocenters. The Hall–Kier alpha value is -1.09. The van der Waals surface area contributed by atoms with Gasteiger partial charge in [-0.25, -0.2) is 0 Å². The first kappa shape index (κ1) is 12.4. The smallest absolute Gasteiger partial charge is 0.138 e. The van der Waals surface area contributed by atoms with E-state index in [1.807, 2.05) is 19.1 Å². The fourth-order valence-corrected chi connectivity index (χ4v) is 2.41. The molecular weight excluding hydrogens is 212 g/mol. The van der Waals surface area contributed by atoms with E-state index in [9.17, 15) is 0 Å². The largest absolute Gasteiger partial charge is 0.489 e. The summed E-state index contributed by atoms with van der Waals surface area (Å²) in [5, 5.41) is 0. The Morgan fingerprint density at radius 3 is 2.82 bits per heavy atom. The Labute approximate surface area is 103 Å². The number of aromatic nitrogens is 1. The monoisotopic (exact) mass is 234 g/mol. The van der Waals surface area contributed by atoms with Gasteiger partial charge in [-0.3, -0.25) is 4.98 Å². The highest BCUT2D eigenvalue weighted by atomic mass is 16.5. The van der Waals surface area contributed by atoms with Crippen molar-refractivity contribution in [2.45, 2.75) is 51.7 Å². The zero-order valence-electron chi connectivity index (χ0n) is 10.7. The molecular formula is C14H22N2O. The standard InChI is InChI=1S/C14H22N2O/c1-10-4-3-5-12(8-10)17-13-6-7-14(11(2)15)16-9-13/h6-7,9-12H,3-5,8,15H2,1-2H3/t10?,11-,12?/m0/s1. The molecule has 1 aromatic heterocycles. The molecule has 0 aromatic carbocycles. The van der Waals surface area contributed by atoms with Crippen LogP contribution in [-0.4, -0.2) is 11.1 Å². The SMILES string of the molecule is CC1CCCC(Oc2ccc([C@H](C)N)nc2)C1. The highest BCUT2D eigenvalue weighted by molar-refractivity contribution is 5.21. The van der Waals surface area contributed by atoms with Gasteiger partial charge >= 0.3 is 0 Å². The van der Waals surface area contributed by atoms with Crippen LogP contribution in [-0.2, 0) is 0 Å². The third-order valence-electron chi connectivity index (χ3n) is 3.42. The Morgan fingerprint density at radius 1 is 1.41 bits per heavy atom. The van der Waals surface area contributed by atoms with Crippen LogP contribution in [0.15, 0.2) is 18.3 Å². The Balaban J connectivity index is 1.94. The number of nitrogens with two attached hydrogens (primary N) is 1. The van der Waals surface area contributed by atoms with E-state index in [0.29, 0.717) is 6.10 Å². The lowest BCUT2D eigenvalue weighted by molar-refractivity contribution is 0.128. The zero-order chi connectivity index (χ0) is 12.3. The third-order valence-corrected chi connectivity index (χ3v) is 3.42.